The summed E-state index contributed by atoms with van der Waals surface area (Å²) in [5.41, 5.74) is 5.50. The quantitative estimate of drug-likeness (QED) is 0.342. The number of hydrogen-bond acceptors (Lipinski definition) is 4. The van der Waals surface area contributed by atoms with Crippen LogP contribution in [-0.4, -0.2) is 26.1 Å². The number of nitrogens with zero attached hydrogens (tertiary/aromatic N) is 1. The van der Waals surface area contributed by atoms with Crippen LogP contribution in [0.5, 0.6) is 0 Å². The van der Waals surface area contributed by atoms with Gasteiger partial charge in [-0.25, -0.2) is 8.42 Å². The van der Waals surface area contributed by atoms with Crippen molar-refractivity contribution in [3.8, 4) is 11.1 Å². The molecule has 0 unspecified atom stereocenters. The zero-order chi connectivity index (χ0) is 20.9. The molecule has 3 rings (SSSR count). The summed E-state index contributed by atoms with van der Waals surface area (Å²) in [6.07, 6.45) is 1.19. The second-order valence-electron chi connectivity index (χ2n) is 6.84. The van der Waals surface area contributed by atoms with Gasteiger partial charge in [0, 0.05) is 16.3 Å². The lowest BCUT2D eigenvalue weighted by Gasteiger charge is -2.12. The number of benzene rings is 3. The molecule has 0 aliphatic rings. The maximum absolute atomic E-state index is 11.8. The SMILES string of the molecule is Cc1c(CO/N=C(/CS(C)(=O)=O)c2ccc(Br)cc2)cccc1-c1ccccc1. The largest absolute Gasteiger partial charge is 0.391 e. The topological polar surface area (TPSA) is 55.7 Å². The molecule has 0 heterocycles. The van der Waals surface area contributed by atoms with Crippen LogP contribution in [0.4, 0.5) is 0 Å². The van der Waals surface area contributed by atoms with E-state index in [1.807, 2.05) is 54.6 Å². The van der Waals surface area contributed by atoms with Crippen molar-refractivity contribution in [1.82, 2.24) is 0 Å². The average Bonchev–Trinajstić information content (AvgIpc) is 2.69. The molecule has 0 aliphatic heterocycles. The molecule has 0 atom stereocenters. The van der Waals surface area contributed by atoms with Gasteiger partial charge >= 0.3 is 0 Å². The van der Waals surface area contributed by atoms with Crippen molar-refractivity contribution in [2.24, 2.45) is 5.16 Å². The molecule has 0 amide bonds. The van der Waals surface area contributed by atoms with Crippen molar-refractivity contribution < 1.29 is 13.3 Å². The lowest BCUT2D eigenvalue weighted by atomic mass is 9.97. The Hall–Kier alpha value is -2.44. The highest BCUT2D eigenvalue weighted by Crippen LogP contribution is 2.26. The van der Waals surface area contributed by atoms with Crippen molar-refractivity contribution in [3.63, 3.8) is 0 Å². The van der Waals surface area contributed by atoms with E-state index in [1.54, 1.807) is 0 Å². The first-order valence-electron chi connectivity index (χ1n) is 9.10. The summed E-state index contributed by atoms with van der Waals surface area (Å²) in [6, 6.07) is 23.6. The van der Waals surface area contributed by atoms with Gasteiger partial charge in [0.1, 0.15) is 12.3 Å². The normalized spacial score (nSPS) is 12.0. The molecule has 0 fully saturated rings. The van der Waals surface area contributed by atoms with Crippen molar-refractivity contribution in [2.45, 2.75) is 13.5 Å². The summed E-state index contributed by atoms with van der Waals surface area (Å²) in [4.78, 5) is 5.60. The molecule has 0 N–H and O–H groups in total. The molecular weight excluding hydrogens is 450 g/mol. The number of sulfone groups is 1. The molecule has 3 aromatic carbocycles. The maximum atomic E-state index is 11.8. The van der Waals surface area contributed by atoms with Gasteiger partial charge in [0.05, 0.1) is 5.75 Å². The van der Waals surface area contributed by atoms with Crippen LogP contribution >= 0.6 is 15.9 Å². The highest BCUT2D eigenvalue weighted by Gasteiger charge is 2.13. The summed E-state index contributed by atoms with van der Waals surface area (Å²) >= 11 is 3.38. The van der Waals surface area contributed by atoms with Crippen LogP contribution in [0, 0.1) is 6.92 Å². The number of rotatable bonds is 7. The van der Waals surface area contributed by atoms with Crippen molar-refractivity contribution in [1.29, 1.82) is 0 Å². The van der Waals surface area contributed by atoms with E-state index < -0.39 is 9.84 Å². The van der Waals surface area contributed by atoms with Gasteiger partial charge in [-0.05, 0) is 41.3 Å². The Kier molecular flexibility index (Phi) is 6.87. The van der Waals surface area contributed by atoms with E-state index in [-0.39, 0.29) is 12.4 Å². The predicted molar refractivity (Wildman–Crippen MR) is 122 cm³/mol. The van der Waals surface area contributed by atoms with E-state index in [0.29, 0.717) is 11.3 Å². The highest BCUT2D eigenvalue weighted by atomic mass is 79.9. The van der Waals surface area contributed by atoms with Crippen LogP contribution in [0.1, 0.15) is 16.7 Å². The zero-order valence-electron chi connectivity index (χ0n) is 16.3. The summed E-state index contributed by atoms with van der Waals surface area (Å²) in [7, 11) is -3.25. The molecule has 0 saturated heterocycles. The third-order valence-corrected chi connectivity index (χ3v) is 5.83. The number of halogens is 1. The predicted octanol–water partition coefficient (Wildman–Crippen LogP) is 5.39. The van der Waals surface area contributed by atoms with Gasteiger partial charge in [-0.2, -0.15) is 0 Å². The molecule has 0 saturated carbocycles. The van der Waals surface area contributed by atoms with Crippen LogP contribution < -0.4 is 0 Å². The third kappa shape index (κ3) is 6.02. The fraction of sp³-hybridized carbons (Fsp3) is 0.174. The van der Waals surface area contributed by atoms with Gasteiger partial charge in [-0.3, -0.25) is 0 Å². The molecule has 6 heteroatoms. The first kappa shape index (κ1) is 21.3. The molecule has 0 aromatic heterocycles. The Balaban J connectivity index is 1.83. The molecule has 0 bridgehead atoms. The Morgan fingerprint density at radius 2 is 1.66 bits per heavy atom. The fourth-order valence-corrected chi connectivity index (χ4v) is 3.98. The van der Waals surface area contributed by atoms with Crippen molar-refractivity contribution >= 4 is 31.5 Å². The number of hydrogen-bond donors (Lipinski definition) is 0. The van der Waals surface area contributed by atoms with Gasteiger partial charge in [-0.1, -0.05) is 81.7 Å². The fourth-order valence-electron chi connectivity index (χ4n) is 3.00. The van der Waals surface area contributed by atoms with E-state index in [9.17, 15) is 8.42 Å². The third-order valence-electron chi connectivity index (χ3n) is 4.50. The van der Waals surface area contributed by atoms with Crippen molar-refractivity contribution in [3.05, 3.63) is 94.0 Å². The van der Waals surface area contributed by atoms with Crippen LogP contribution in [0.3, 0.4) is 0 Å². The van der Waals surface area contributed by atoms with Crippen LogP contribution in [0.2, 0.25) is 0 Å². The van der Waals surface area contributed by atoms with Gasteiger partial charge in [-0.15, -0.1) is 0 Å². The first-order chi connectivity index (χ1) is 13.8. The van der Waals surface area contributed by atoms with Gasteiger partial charge in [0.2, 0.25) is 0 Å². The Morgan fingerprint density at radius 1 is 0.966 bits per heavy atom. The first-order valence-corrected chi connectivity index (χ1v) is 12.0. The smallest absolute Gasteiger partial charge is 0.153 e. The summed E-state index contributed by atoms with van der Waals surface area (Å²) < 4.78 is 24.6. The molecular formula is C23H22BrNO3S. The van der Waals surface area contributed by atoms with Crippen LogP contribution in [0.25, 0.3) is 11.1 Å². The molecule has 3 aromatic rings. The second kappa shape index (κ2) is 9.37. The summed E-state index contributed by atoms with van der Waals surface area (Å²) in [5.74, 6) is -0.183. The lowest BCUT2D eigenvalue weighted by Crippen LogP contribution is -2.16. The Morgan fingerprint density at radius 3 is 2.31 bits per heavy atom. The van der Waals surface area contributed by atoms with Gasteiger partial charge in [0.25, 0.3) is 0 Å². The van der Waals surface area contributed by atoms with Gasteiger partial charge < -0.3 is 4.84 Å². The second-order valence-corrected chi connectivity index (χ2v) is 9.90. The Bertz CT molecular complexity index is 1110. The standard InChI is InChI=1S/C23H22BrNO3S/c1-17-20(9-6-10-22(17)18-7-4-3-5-8-18)15-28-25-23(16-29(2,26)27)19-11-13-21(24)14-12-19/h3-14H,15-16H2,1-2H3/b25-23-. The number of oxime groups is 1. The molecule has 150 valence electrons. The molecule has 0 spiro atoms. The van der Waals surface area contributed by atoms with E-state index in [0.717, 1.165) is 26.7 Å². The monoisotopic (exact) mass is 471 g/mol. The lowest BCUT2D eigenvalue weighted by molar-refractivity contribution is 0.130. The van der Waals surface area contributed by atoms with E-state index in [2.05, 4.69) is 46.2 Å². The average molecular weight is 472 g/mol. The van der Waals surface area contributed by atoms with Gasteiger partial charge in [0.15, 0.2) is 9.84 Å². The summed E-state index contributed by atoms with van der Waals surface area (Å²) in [5, 5.41) is 4.17. The minimum atomic E-state index is -3.25. The highest BCUT2D eigenvalue weighted by molar-refractivity contribution is 9.10. The Labute approximate surface area is 180 Å². The molecule has 4 nitrogen and oxygen atoms in total. The van der Waals surface area contributed by atoms with E-state index >= 15 is 0 Å². The zero-order valence-corrected chi connectivity index (χ0v) is 18.7. The van der Waals surface area contributed by atoms with Crippen molar-refractivity contribution in [2.75, 3.05) is 12.0 Å². The molecule has 0 aliphatic carbocycles. The molecule has 29 heavy (non-hydrogen) atoms. The van der Waals surface area contributed by atoms with E-state index in [1.165, 1.54) is 6.26 Å². The van der Waals surface area contributed by atoms with Crippen LogP contribution in [0.15, 0.2) is 82.4 Å². The van der Waals surface area contributed by atoms with Crippen LogP contribution in [-0.2, 0) is 21.3 Å². The summed E-state index contributed by atoms with van der Waals surface area (Å²) in [6.45, 7) is 2.31. The van der Waals surface area contributed by atoms with E-state index in [4.69, 9.17) is 4.84 Å². The minimum Gasteiger partial charge on any atom is -0.391 e. The maximum Gasteiger partial charge on any atom is 0.153 e. The minimum absolute atomic E-state index is 0.183. The molecule has 0 radical (unpaired) electrons.